The van der Waals surface area contributed by atoms with Gasteiger partial charge >= 0.3 is 0 Å². The molecule has 0 saturated heterocycles. The van der Waals surface area contributed by atoms with Gasteiger partial charge in [0.15, 0.2) is 0 Å². The van der Waals surface area contributed by atoms with Gasteiger partial charge in [0.05, 0.1) is 22.4 Å². The van der Waals surface area contributed by atoms with Crippen LogP contribution in [0.1, 0.15) is 5.56 Å². The van der Waals surface area contributed by atoms with Gasteiger partial charge in [-0.15, -0.1) is 0 Å². The van der Waals surface area contributed by atoms with Crippen LogP contribution in [0.3, 0.4) is 0 Å². The maximum atomic E-state index is 13.3. The third-order valence-electron chi connectivity index (χ3n) is 1.97. The number of hydrogen-bond acceptors (Lipinski definition) is 2. The first-order chi connectivity index (χ1) is 7.22. The zero-order valence-corrected chi connectivity index (χ0v) is 9.08. The second kappa shape index (κ2) is 3.87. The Labute approximate surface area is 94.1 Å². The molecule has 2 aromatic rings. The third kappa shape index (κ3) is 1.79. The lowest BCUT2D eigenvalue weighted by Crippen LogP contribution is -1.86. The molecule has 15 heavy (non-hydrogen) atoms. The monoisotopic (exact) mass is 265 g/mol. The van der Waals surface area contributed by atoms with Crippen LogP contribution in [-0.2, 0) is 0 Å². The van der Waals surface area contributed by atoms with Crippen LogP contribution >= 0.6 is 15.9 Å². The molecular weight excluding hydrogens is 261 g/mol. The van der Waals surface area contributed by atoms with Crippen molar-refractivity contribution in [1.29, 1.82) is 5.26 Å². The molecule has 1 aromatic heterocycles. The van der Waals surface area contributed by atoms with Gasteiger partial charge < -0.3 is 4.42 Å². The Morgan fingerprint density at radius 3 is 2.80 bits per heavy atom. The van der Waals surface area contributed by atoms with E-state index in [9.17, 15) is 4.39 Å². The lowest BCUT2D eigenvalue weighted by Gasteiger charge is -2.02. The van der Waals surface area contributed by atoms with Gasteiger partial charge in [-0.1, -0.05) is 0 Å². The molecule has 0 bridgehead atoms. The summed E-state index contributed by atoms with van der Waals surface area (Å²) in [6.07, 6.45) is 1.48. The minimum Gasteiger partial charge on any atom is -0.464 e. The van der Waals surface area contributed by atoms with Crippen molar-refractivity contribution in [2.75, 3.05) is 0 Å². The van der Waals surface area contributed by atoms with Crippen LogP contribution < -0.4 is 0 Å². The lowest BCUT2D eigenvalue weighted by molar-refractivity contribution is 0.579. The van der Waals surface area contributed by atoms with E-state index in [1.54, 1.807) is 12.1 Å². The van der Waals surface area contributed by atoms with Crippen LogP contribution in [0.2, 0.25) is 0 Å². The minimum atomic E-state index is -0.416. The zero-order chi connectivity index (χ0) is 10.8. The van der Waals surface area contributed by atoms with Gasteiger partial charge in [0.25, 0.3) is 0 Å². The number of halogens is 2. The van der Waals surface area contributed by atoms with Crippen molar-refractivity contribution in [2.45, 2.75) is 0 Å². The fourth-order valence-corrected chi connectivity index (χ4v) is 1.62. The summed E-state index contributed by atoms with van der Waals surface area (Å²) >= 11 is 3.03. The molecular formula is C11H5BrFNO. The molecule has 2 nitrogen and oxygen atoms in total. The fraction of sp³-hybridized carbons (Fsp3) is 0. The second-order valence-electron chi connectivity index (χ2n) is 2.90. The molecule has 0 amide bonds. The summed E-state index contributed by atoms with van der Waals surface area (Å²) in [4.78, 5) is 0. The molecule has 2 rings (SSSR count). The SMILES string of the molecule is N#Cc1cc(Br)c(F)cc1-c1ccco1. The molecule has 1 aromatic carbocycles. The van der Waals surface area contributed by atoms with Crippen molar-refractivity contribution < 1.29 is 8.81 Å². The Morgan fingerprint density at radius 2 is 2.20 bits per heavy atom. The number of benzene rings is 1. The highest BCUT2D eigenvalue weighted by molar-refractivity contribution is 9.10. The van der Waals surface area contributed by atoms with Crippen LogP contribution in [0.25, 0.3) is 11.3 Å². The topological polar surface area (TPSA) is 36.9 Å². The minimum absolute atomic E-state index is 0.273. The van der Waals surface area contributed by atoms with E-state index in [1.807, 2.05) is 6.07 Å². The fourth-order valence-electron chi connectivity index (χ4n) is 1.28. The van der Waals surface area contributed by atoms with Crippen molar-refractivity contribution >= 4 is 15.9 Å². The molecule has 0 saturated carbocycles. The van der Waals surface area contributed by atoms with E-state index < -0.39 is 5.82 Å². The average molecular weight is 266 g/mol. The summed E-state index contributed by atoms with van der Waals surface area (Å²) in [5.41, 5.74) is 0.835. The Balaban J connectivity index is 2.67. The summed E-state index contributed by atoms with van der Waals surface area (Å²) in [6, 6.07) is 8.09. The van der Waals surface area contributed by atoms with Gasteiger partial charge in [-0.05, 0) is 40.2 Å². The van der Waals surface area contributed by atoms with Crippen LogP contribution in [-0.4, -0.2) is 0 Å². The summed E-state index contributed by atoms with van der Waals surface area (Å²) < 4.78 is 18.7. The van der Waals surface area contributed by atoms with Crippen LogP contribution in [0.15, 0.2) is 39.4 Å². The first-order valence-electron chi connectivity index (χ1n) is 4.15. The van der Waals surface area contributed by atoms with Crippen molar-refractivity contribution in [3.05, 3.63) is 46.4 Å². The molecule has 0 fully saturated rings. The average Bonchev–Trinajstić information content (AvgIpc) is 2.74. The second-order valence-corrected chi connectivity index (χ2v) is 3.76. The van der Waals surface area contributed by atoms with E-state index >= 15 is 0 Å². The molecule has 0 aliphatic heterocycles. The van der Waals surface area contributed by atoms with E-state index in [1.165, 1.54) is 18.4 Å². The summed E-state index contributed by atoms with van der Waals surface area (Å²) in [5, 5.41) is 8.90. The van der Waals surface area contributed by atoms with Gasteiger partial charge in [0, 0.05) is 5.56 Å². The first-order valence-corrected chi connectivity index (χ1v) is 4.94. The Hall–Kier alpha value is -1.60. The van der Waals surface area contributed by atoms with E-state index in [0.717, 1.165) is 0 Å². The summed E-state index contributed by atoms with van der Waals surface area (Å²) in [5.74, 6) is 0.0679. The summed E-state index contributed by atoms with van der Waals surface area (Å²) in [6.45, 7) is 0. The maximum Gasteiger partial charge on any atom is 0.138 e. The molecule has 0 unspecified atom stereocenters. The number of nitriles is 1. The van der Waals surface area contributed by atoms with Crippen LogP contribution in [0.4, 0.5) is 4.39 Å². The largest absolute Gasteiger partial charge is 0.464 e. The Bertz CT molecular complexity index is 528. The highest BCUT2D eigenvalue weighted by Gasteiger charge is 2.11. The molecule has 4 heteroatoms. The van der Waals surface area contributed by atoms with Crippen molar-refractivity contribution in [3.8, 4) is 17.4 Å². The van der Waals surface area contributed by atoms with Gasteiger partial charge in [-0.25, -0.2) is 4.39 Å². The Morgan fingerprint density at radius 1 is 1.40 bits per heavy atom. The number of hydrogen-bond donors (Lipinski definition) is 0. The molecule has 0 spiro atoms. The van der Waals surface area contributed by atoms with E-state index in [0.29, 0.717) is 16.9 Å². The van der Waals surface area contributed by atoms with Crippen molar-refractivity contribution in [1.82, 2.24) is 0 Å². The zero-order valence-electron chi connectivity index (χ0n) is 7.50. The van der Waals surface area contributed by atoms with Gasteiger partial charge in [0.1, 0.15) is 11.6 Å². The normalized spacial score (nSPS) is 9.93. The number of rotatable bonds is 1. The van der Waals surface area contributed by atoms with Crippen LogP contribution in [0, 0.1) is 17.1 Å². The predicted molar refractivity (Wildman–Crippen MR) is 56.5 cm³/mol. The molecule has 0 radical (unpaired) electrons. The Kier molecular flexibility index (Phi) is 2.57. The van der Waals surface area contributed by atoms with Gasteiger partial charge in [-0.3, -0.25) is 0 Å². The molecule has 74 valence electrons. The first kappa shape index (κ1) is 9.94. The van der Waals surface area contributed by atoms with E-state index in [-0.39, 0.29) is 4.47 Å². The molecule has 0 atom stereocenters. The van der Waals surface area contributed by atoms with Crippen LogP contribution in [0.5, 0.6) is 0 Å². The smallest absolute Gasteiger partial charge is 0.138 e. The van der Waals surface area contributed by atoms with Crippen molar-refractivity contribution in [2.24, 2.45) is 0 Å². The van der Waals surface area contributed by atoms with Gasteiger partial charge in [-0.2, -0.15) is 5.26 Å². The molecule has 0 N–H and O–H groups in total. The highest BCUT2D eigenvalue weighted by atomic mass is 79.9. The molecule has 1 heterocycles. The number of nitrogens with zero attached hydrogens (tertiary/aromatic N) is 1. The molecule has 0 aliphatic carbocycles. The maximum absolute atomic E-state index is 13.3. The van der Waals surface area contributed by atoms with E-state index in [2.05, 4.69) is 15.9 Å². The lowest BCUT2D eigenvalue weighted by atomic mass is 10.1. The quantitative estimate of drug-likeness (QED) is 0.788. The number of furan rings is 1. The third-order valence-corrected chi connectivity index (χ3v) is 2.58. The summed E-state index contributed by atoms with van der Waals surface area (Å²) in [7, 11) is 0. The predicted octanol–water partition coefficient (Wildman–Crippen LogP) is 3.72. The van der Waals surface area contributed by atoms with E-state index in [4.69, 9.17) is 9.68 Å². The van der Waals surface area contributed by atoms with Crippen molar-refractivity contribution in [3.63, 3.8) is 0 Å². The highest BCUT2D eigenvalue weighted by Crippen LogP contribution is 2.28. The van der Waals surface area contributed by atoms with Gasteiger partial charge in [0.2, 0.25) is 0 Å². The standard InChI is InChI=1S/C11H5BrFNO/c12-9-4-7(6-14)8(5-10(9)13)11-2-1-3-15-11/h1-5H. The molecule has 0 aliphatic rings.